The van der Waals surface area contributed by atoms with Crippen LogP contribution in [-0.2, 0) is 9.47 Å². The number of carbonyl (C=O) groups excluding carboxylic acids is 2. The molecule has 1 saturated carbocycles. The molecule has 0 aliphatic heterocycles. The molecule has 1 aliphatic carbocycles. The van der Waals surface area contributed by atoms with Crippen molar-refractivity contribution in [3.05, 3.63) is 70.2 Å². The summed E-state index contributed by atoms with van der Waals surface area (Å²) in [5.41, 5.74) is 2.26. The molecule has 7 nitrogen and oxygen atoms in total. The highest BCUT2D eigenvalue weighted by Crippen LogP contribution is 2.29. The number of ether oxygens (including phenoxy) is 2. The number of alkyl carbamates (subject to hydrolysis) is 1. The molecule has 2 aromatic carbocycles. The lowest BCUT2D eigenvalue weighted by molar-refractivity contribution is 0.0804. The largest absolute Gasteiger partial charge is 0.453 e. The van der Waals surface area contributed by atoms with Gasteiger partial charge in [-0.15, -0.1) is 0 Å². The van der Waals surface area contributed by atoms with E-state index in [2.05, 4.69) is 20.7 Å². The molecule has 1 unspecified atom stereocenters. The first-order valence-electron chi connectivity index (χ1n) is 12.7. The Hall–Kier alpha value is -2.61. The first kappa shape index (κ1) is 28.0. The number of likely N-dealkylation sites (N-methyl/N-ethyl adjacent to an activating group) is 1. The molecule has 0 saturated heterocycles. The second-order valence-electron chi connectivity index (χ2n) is 9.29. The Bertz CT molecular complexity index is 981. The summed E-state index contributed by atoms with van der Waals surface area (Å²) in [4.78, 5) is 24.4. The van der Waals surface area contributed by atoms with Crippen molar-refractivity contribution in [2.45, 2.75) is 50.7 Å². The SMILES string of the molecule is CN[C@H](CNC(=O)c1cccc(C(OCCNC(=O)OC)c2cccc(Cl)c2)c1)CC1CCCCC1. The van der Waals surface area contributed by atoms with E-state index in [0.29, 0.717) is 17.1 Å². The molecule has 0 aromatic heterocycles. The van der Waals surface area contributed by atoms with Gasteiger partial charge in [-0.25, -0.2) is 4.79 Å². The van der Waals surface area contributed by atoms with E-state index in [-0.39, 0.29) is 25.1 Å². The third kappa shape index (κ3) is 8.80. The van der Waals surface area contributed by atoms with Crippen molar-refractivity contribution >= 4 is 23.6 Å². The van der Waals surface area contributed by atoms with E-state index in [1.54, 1.807) is 6.07 Å². The van der Waals surface area contributed by atoms with Crippen LogP contribution in [0.25, 0.3) is 0 Å². The van der Waals surface area contributed by atoms with Gasteiger partial charge in [0.05, 0.1) is 13.7 Å². The van der Waals surface area contributed by atoms with E-state index in [1.807, 2.05) is 49.5 Å². The predicted molar refractivity (Wildman–Crippen MR) is 142 cm³/mol. The molecule has 3 rings (SSSR count). The Balaban J connectivity index is 1.66. The van der Waals surface area contributed by atoms with Gasteiger partial charge in [0.2, 0.25) is 0 Å². The molecule has 2 atom stereocenters. The minimum atomic E-state index is -0.514. The summed E-state index contributed by atoms with van der Waals surface area (Å²) in [6, 6.07) is 15.1. The van der Waals surface area contributed by atoms with E-state index >= 15 is 0 Å². The van der Waals surface area contributed by atoms with Gasteiger partial charge in [0.15, 0.2) is 0 Å². The normalized spacial score (nSPS) is 15.6. The first-order chi connectivity index (χ1) is 17.5. The predicted octanol–water partition coefficient (Wildman–Crippen LogP) is 5.09. The van der Waals surface area contributed by atoms with Gasteiger partial charge in [-0.3, -0.25) is 4.79 Å². The lowest BCUT2D eigenvalue weighted by atomic mass is 9.85. The molecule has 8 heteroatoms. The fourth-order valence-electron chi connectivity index (χ4n) is 4.75. The van der Waals surface area contributed by atoms with Crippen LogP contribution in [0.15, 0.2) is 48.5 Å². The van der Waals surface area contributed by atoms with Crippen LogP contribution in [0.4, 0.5) is 4.79 Å². The average molecular weight is 516 g/mol. The summed E-state index contributed by atoms with van der Waals surface area (Å²) in [5, 5.41) is 9.68. The van der Waals surface area contributed by atoms with Crippen molar-refractivity contribution in [3.63, 3.8) is 0 Å². The molecule has 2 amide bonds. The van der Waals surface area contributed by atoms with Gasteiger partial charge in [-0.2, -0.15) is 0 Å². The second-order valence-corrected chi connectivity index (χ2v) is 9.72. The van der Waals surface area contributed by atoms with E-state index in [0.717, 1.165) is 23.5 Å². The number of halogens is 1. The van der Waals surface area contributed by atoms with Crippen molar-refractivity contribution in [2.75, 3.05) is 33.9 Å². The van der Waals surface area contributed by atoms with Crippen molar-refractivity contribution < 1.29 is 19.1 Å². The summed E-state index contributed by atoms with van der Waals surface area (Å²) >= 11 is 6.24. The molecular formula is C28H38ClN3O4. The summed E-state index contributed by atoms with van der Waals surface area (Å²) in [6.07, 6.45) is 6.66. The Morgan fingerprint density at radius 2 is 1.75 bits per heavy atom. The summed E-state index contributed by atoms with van der Waals surface area (Å²) in [5.74, 6) is 0.624. The zero-order valence-electron chi connectivity index (χ0n) is 21.2. The maximum absolute atomic E-state index is 13.0. The summed E-state index contributed by atoms with van der Waals surface area (Å²) < 4.78 is 10.7. The minimum absolute atomic E-state index is 0.113. The Kier molecular flexibility index (Phi) is 11.5. The number of hydrogen-bond acceptors (Lipinski definition) is 5. The van der Waals surface area contributed by atoms with Crippen LogP contribution in [0.1, 0.15) is 66.1 Å². The molecule has 2 aromatic rings. The summed E-state index contributed by atoms with van der Waals surface area (Å²) in [6.45, 7) is 1.13. The monoisotopic (exact) mass is 515 g/mol. The Morgan fingerprint density at radius 3 is 2.44 bits per heavy atom. The standard InChI is InChI=1S/C28H38ClN3O4/c1-30-25(16-20-8-4-3-5-9-20)19-32-27(33)23-12-6-10-21(17-23)26(22-11-7-13-24(29)18-22)36-15-14-31-28(34)35-2/h6-7,10-13,17-18,20,25-26,30H,3-5,8-9,14-16,19H2,1-2H3,(H,31,34)(H,32,33)/t25-,26?/m0/s1. The maximum atomic E-state index is 13.0. The van der Waals surface area contributed by atoms with Gasteiger partial charge in [-0.1, -0.05) is 68.0 Å². The first-order valence-corrected chi connectivity index (χ1v) is 13.1. The molecule has 196 valence electrons. The number of carbonyl (C=O) groups is 2. The quantitative estimate of drug-likeness (QED) is 0.343. The zero-order valence-corrected chi connectivity index (χ0v) is 22.0. The number of benzene rings is 2. The molecule has 1 aliphatic rings. The van der Waals surface area contributed by atoms with Crippen molar-refractivity contribution in [2.24, 2.45) is 5.92 Å². The lowest BCUT2D eigenvalue weighted by Gasteiger charge is -2.26. The van der Waals surface area contributed by atoms with Gasteiger partial charge < -0.3 is 25.4 Å². The smallest absolute Gasteiger partial charge is 0.406 e. The fourth-order valence-corrected chi connectivity index (χ4v) is 4.94. The number of methoxy groups -OCH3 is 1. The molecular weight excluding hydrogens is 478 g/mol. The van der Waals surface area contributed by atoms with E-state index in [4.69, 9.17) is 16.3 Å². The van der Waals surface area contributed by atoms with Gasteiger partial charge in [0, 0.05) is 29.7 Å². The topological polar surface area (TPSA) is 88.7 Å². The number of nitrogens with one attached hydrogen (secondary N) is 3. The molecule has 0 spiro atoms. The van der Waals surface area contributed by atoms with Crippen LogP contribution in [0.5, 0.6) is 0 Å². The van der Waals surface area contributed by atoms with Crippen molar-refractivity contribution in [3.8, 4) is 0 Å². The van der Waals surface area contributed by atoms with Crippen LogP contribution in [0, 0.1) is 5.92 Å². The average Bonchev–Trinajstić information content (AvgIpc) is 2.91. The van der Waals surface area contributed by atoms with Crippen LogP contribution < -0.4 is 16.0 Å². The summed E-state index contributed by atoms with van der Waals surface area (Å²) in [7, 11) is 3.28. The van der Waals surface area contributed by atoms with E-state index in [1.165, 1.54) is 39.2 Å². The van der Waals surface area contributed by atoms with Crippen LogP contribution in [-0.4, -0.2) is 51.9 Å². The molecule has 36 heavy (non-hydrogen) atoms. The molecule has 1 fully saturated rings. The Labute approximate surface area is 219 Å². The lowest BCUT2D eigenvalue weighted by Crippen LogP contribution is -2.40. The Morgan fingerprint density at radius 1 is 1.03 bits per heavy atom. The van der Waals surface area contributed by atoms with E-state index < -0.39 is 12.2 Å². The molecule has 0 radical (unpaired) electrons. The number of hydrogen-bond donors (Lipinski definition) is 3. The third-order valence-corrected chi connectivity index (χ3v) is 6.94. The fraction of sp³-hybridized carbons (Fsp3) is 0.500. The van der Waals surface area contributed by atoms with E-state index in [9.17, 15) is 9.59 Å². The number of rotatable bonds is 12. The van der Waals surface area contributed by atoms with Gasteiger partial charge in [0.1, 0.15) is 6.10 Å². The minimum Gasteiger partial charge on any atom is -0.453 e. The van der Waals surface area contributed by atoms with Crippen LogP contribution >= 0.6 is 11.6 Å². The number of amides is 2. The van der Waals surface area contributed by atoms with Gasteiger partial charge >= 0.3 is 6.09 Å². The van der Waals surface area contributed by atoms with Crippen LogP contribution in [0.3, 0.4) is 0 Å². The molecule has 3 N–H and O–H groups in total. The molecule has 0 bridgehead atoms. The third-order valence-electron chi connectivity index (χ3n) is 6.70. The highest BCUT2D eigenvalue weighted by molar-refractivity contribution is 6.30. The maximum Gasteiger partial charge on any atom is 0.406 e. The van der Waals surface area contributed by atoms with Gasteiger partial charge in [0.25, 0.3) is 5.91 Å². The van der Waals surface area contributed by atoms with Crippen molar-refractivity contribution in [1.82, 2.24) is 16.0 Å². The highest BCUT2D eigenvalue weighted by atomic mass is 35.5. The molecule has 0 heterocycles. The highest BCUT2D eigenvalue weighted by Gasteiger charge is 2.20. The van der Waals surface area contributed by atoms with Crippen LogP contribution in [0.2, 0.25) is 5.02 Å². The second kappa shape index (κ2) is 14.8. The zero-order chi connectivity index (χ0) is 25.8. The van der Waals surface area contributed by atoms with Gasteiger partial charge in [-0.05, 0) is 54.8 Å². The van der Waals surface area contributed by atoms with Crippen molar-refractivity contribution in [1.29, 1.82) is 0 Å².